The summed E-state index contributed by atoms with van der Waals surface area (Å²) in [6.45, 7) is 5.28. The third kappa shape index (κ3) is 4.17. The van der Waals surface area contributed by atoms with Crippen LogP contribution >= 0.6 is 0 Å². The molecule has 1 aliphatic heterocycles. The lowest BCUT2D eigenvalue weighted by Crippen LogP contribution is -2.38. The maximum Gasteiger partial charge on any atom is 0.254 e. The highest BCUT2D eigenvalue weighted by Crippen LogP contribution is 2.16. The minimum atomic E-state index is -0.00597. The molecule has 116 valence electrons. The van der Waals surface area contributed by atoms with Gasteiger partial charge in [-0.15, -0.1) is 0 Å². The first-order valence-electron chi connectivity index (χ1n) is 7.78. The Balaban J connectivity index is 2.07. The zero-order valence-corrected chi connectivity index (χ0v) is 13.3. The largest absolute Gasteiger partial charge is 0.355 e. The van der Waals surface area contributed by atoms with E-state index in [0.29, 0.717) is 11.6 Å². The van der Waals surface area contributed by atoms with E-state index in [9.17, 15) is 4.79 Å². The summed E-state index contributed by atoms with van der Waals surface area (Å²) in [5.74, 6) is 0.953. The molecule has 1 N–H and O–H groups in total. The van der Waals surface area contributed by atoms with Crippen LogP contribution in [0.4, 0.5) is 5.82 Å². The number of hydrogen-bond acceptors (Lipinski definition) is 4. The fourth-order valence-electron chi connectivity index (χ4n) is 2.71. The molecule has 21 heavy (non-hydrogen) atoms. The molecule has 0 bridgehead atoms. The topological polar surface area (TPSA) is 48.5 Å². The molecule has 0 saturated carbocycles. The maximum absolute atomic E-state index is 11.9. The molecule has 2 heterocycles. The molecule has 0 radical (unpaired) electrons. The van der Waals surface area contributed by atoms with E-state index in [1.165, 1.54) is 12.8 Å². The molecule has 1 aromatic rings. The van der Waals surface area contributed by atoms with Crippen molar-refractivity contribution in [1.82, 2.24) is 15.2 Å². The van der Waals surface area contributed by atoms with E-state index in [1.54, 1.807) is 25.2 Å². The van der Waals surface area contributed by atoms with Gasteiger partial charge in [0.25, 0.3) is 5.91 Å². The molecule has 1 atom stereocenters. The van der Waals surface area contributed by atoms with Crippen LogP contribution in [0.15, 0.2) is 18.3 Å². The fourth-order valence-corrected chi connectivity index (χ4v) is 2.71. The summed E-state index contributed by atoms with van der Waals surface area (Å²) in [5, 5.41) is 3.53. The van der Waals surface area contributed by atoms with Crippen molar-refractivity contribution >= 4 is 11.7 Å². The van der Waals surface area contributed by atoms with Gasteiger partial charge in [-0.1, -0.05) is 6.92 Å². The number of nitrogens with zero attached hydrogens (tertiary/aromatic N) is 3. The zero-order valence-electron chi connectivity index (χ0n) is 13.3. The Hall–Kier alpha value is -1.62. The van der Waals surface area contributed by atoms with Crippen LogP contribution in [0.25, 0.3) is 0 Å². The van der Waals surface area contributed by atoms with Gasteiger partial charge in [-0.3, -0.25) is 4.79 Å². The van der Waals surface area contributed by atoms with E-state index in [1.807, 2.05) is 12.1 Å². The second kappa shape index (κ2) is 7.41. The van der Waals surface area contributed by atoms with Crippen LogP contribution in [-0.4, -0.2) is 55.6 Å². The van der Waals surface area contributed by atoms with E-state index in [0.717, 1.165) is 31.9 Å². The molecular weight excluding hydrogens is 264 g/mol. The van der Waals surface area contributed by atoms with Crippen LogP contribution in [0.5, 0.6) is 0 Å². The Morgan fingerprint density at radius 1 is 1.43 bits per heavy atom. The van der Waals surface area contributed by atoms with E-state index in [4.69, 9.17) is 0 Å². The Morgan fingerprint density at radius 3 is 2.76 bits per heavy atom. The molecule has 1 aromatic heterocycles. The van der Waals surface area contributed by atoms with Crippen molar-refractivity contribution in [3.05, 3.63) is 23.9 Å². The number of hydrogen-bond donors (Lipinski definition) is 1. The normalized spacial score (nSPS) is 17.8. The number of rotatable bonds is 6. The molecule has 1 unspecified atom stereocenters. The molecule has 5 heteroatoms. The van der Waals surface area contributed by atoms with Gasteiger partial charge in [0.1, 0.15) is 5.82 Å². The van der Waals surface area contributed by atoms with Crippen LogP contribution in [0.1, 0.15) is 36.5 Å². The van der Waals surface area contributed by atoms with E-state index >= 15 is 0 Å². The van der Waals surface area contributed by atoms with Crippen molar-refractivity contribution in [3.63, 3.8) is 0 Å². The number of anilines is 1. The quantitative estimate of drug-likeness (QED) is 0.867. The average molecular weight is 290 g/mol. The minimum Gasteiger partial charge on any atom is -0.355 e. The maximum atomic E-state index is 11.9. The number of carbonyl (C=O) groups excluding carboxylic acids is 1. The van der Waals surface area contributed by atoms with Gasteiger partial charge in [-0.25, -0.2) is 4.98 Å². The first-order valence-corrected chi connectivity index (χ1v) is 7.78. The predicted molar refractivity (Wildman–Crippen MR) is 85.8 cm³/mol. The number of amides is 1. The van der Waals surface area contributed by atoms with Gasteiger partial charge in [0.15, 0.2) is 0 Å². The summed E-state index contributed by atoms with van der Waals surface area (Å²) in [4.78, 5) is 20.3. The number of nitrogens with one attached hydrogen (secondary N) is 1. The first-order chi connectivity index (χ1) is 10.1. The van der Waals surface area contributed by atoms with Crippen LogP contribution < -0.4 is 10.2 Å². The van der Waals surface area contributed by atoms with Gasteiger partial charge in [0, 0.05) is 39.4 Å². The predicted octanol–water partition coefficient (Wildman–Crippen LogP) is 1.75. The van der Waals surface area contributed by atoms with Crippen molar-refractivity contribution in [2.75, 3.05) is 38.6 Å². The Bertz CT molecular complexity index is 452. The van der Waals surface area contributed by atoms with Crippen LogP contribution in [-0.2, 0) is 0 Å². The molecular formula is C16H26N4O. The van der Waals surface area contributed by atoms with Crippen LogP contribution in [0.2, 0.25) is 0 Å². The van der Waals surface area contributed by atoms with Gasteiger partial charge in [0.2, 0.25) is 0 Å². The molecule has 5 nitrogen and oxygen atoms in total. The van der Waals surface area contributed by atoms with E-state index < -0.39 is 0 Å². The Morgan fingerprint density at radius 2 is 2.24 bits per heavy atom. The molecule has 2 rings (SSSR count). The summed E-state index contributed by atoms with van der Waals surface area (Å²) < 4.78 is 0. The van der Waals surface area contributed by atoms with Crippen LogP contribution in [0.3, 0.4) is 0 Å². The molecule has 0 aliphatic carbocycles. The van der Waals surface area contributed by atoms with E-state index in [-0.39, 0.29) is 5.91 Å². The van der Waals surface area contributed by atoms with Crippen molar-refractivity contribution < 1.29 is 4.79 Å². The lowest BCUT2D eigenvalue weighted by Gasteiger charge is -2.26. The number of aromatic nitrogens is 1. The van der Waals surface area contributed by atoms with Crippen molar-refractivity contribution in [3.8, 4) is 0 Å². The fraction of sp³-hybridized carbons (Fsp3) is 0.625. The second-order valence-corrected chi connectivity index (χ2v) is 5.84. The Labute approximate surface area is 127 Å². The highest BCUT2D eigenvalue weighted by atomic mass is 16.2. The SMILES string of the molecule is CCCN(CC1CCCN1)c1ccc(C(=O)N(C)C)cn1. The lowest BCUT2D eigenvalue weighted by atomic mass is 10.2. The monoisotopic (exact) mass is 290 g/mol. The van der Waals surface area contributed by atoms with E-state index in [2.05, 4.69) is 22.1 Å². The second-order valence-electron chi connectivity index (χ2n) is 5.84. The van der Waals surface area contributed by atoms with Gasteiger partial charge in [-0.05, 0) is 37.9 Å². The summed E-state index contributed by atoms with van der Waals surface area (Å²) >= 11 is 0. The first kappa shape index (κ1) is 15.8. The third-order valence-electron chi connectivity index (χ3n) is 3.82. The summed E-state index contributed by atoms with van der Waals surface area (Å²) in [6, 6.07) is 4.39. The highest BCUT2D eigenvalue weighted by molar-refractivity contribution is 5.93. The van der Waals surface area contributed by atoms with Crippen molar-refractivity contribution in [1.29, 1.82) is 0 Å². The van der Waals surface area contributed by atoms with Gasteiger partial charge >= 0.3 is 0 Å². The smallest absolute Gasteiger partial charge is 0.254 e. The average Bonchev–Trinajstić information content (AvgIpc) is 2.99. The number of carbonyl (C=O) groups is 1. The summed E-state index contributed by atoms with van der Waals surface area (Å²) in [7, 11) is 3.51. The third-order valence-corrected chi connectivity index (χ3v) is 3.82. The van der Waals surface area contributed by atoms with Crippen LogP contribution in [0, 0.1) is 0 Å². The lowest BCUT2D eigenvalue weighted by molar-refractivity contribution is 0.0827. The van der Waals surface area contributed by atoms with Crippen molar-refractivity contribution in [2.24, 2.45) is 0 Å². The van der Waals surface area contributed by atoms with Gasteiger partial charge < -0.3 is 15.1 Å². The summed E-state index contributed by atoms with van der Waals surface area (Å²) in [5.41, 5.74) is 0.638. The zero-order chi connectivity index (χ0) is 15.2. The van der Waals surface area contributed by atoms with Gasteiger partial charge in [0.05, 0.1) is 5.56 Å². The molecule has 1 amide bonds. The van der Waals surface area contributed by atoms with Gasteiger partial charge in [-0.2, -0.15) is 0 Å². The minimum absolute atomic E-state index is 0.00597. The highest BCUT2D eigenvalue weighted by Gasteiger charge is 2.19. The molecule has 0 aromatic carbocycles. The Kier molecular flexibility index (Phi) is 5.56. The summed E-state index contributed by atoms with van der Waals surface area (Å²) in [6.07, 6.45) is 5.26. The molecule has 1 saturated heterocycles. The standard InChI is InChI=1S/C16H26N4O/c1-4-10-20(12-14-6-5-9-17-14)15-8-7-13(11-18-15)16(21)19(2)3/h7-8,11,14,17H,4-6,9-10,12H2,1-3H3. The number of pyridine rings is 1. The molecule has 1 fully saturated rings. The molecule has 1 aliphatic rings. The van der Waals surface area contributed by atoms with Crippen molar-refractivity contribution in [2.45, 2.75) is 32.2 Å². The molecule has 0 spiro atoms.